The number of amides is 1. The molecule has 1 amide bonds. The first-order valence-corrected chi connectivity index (χ1v) is 10.6. The average molecular weight is 442 g/mol. The van der Waals surface area contributed by atoms with Crippen molar-refractivity contribution >= 4 is 34.3 Å². The molecule has 0 aliphatic rings. The fourth-order valence-electron chi connectivity index (χ4n) is 3.02. The van der Waals surface area contributed by atoms with E-state index >= 15 is 0 Å². The molecule has 1 aromatic carbocycles. The van der Waals surface area contributed by atoms with Gasteiger partial charge < -0.3 is 14.5 Å². The zero-order valence-electron chi connectivity index (χ0n) is 17.6. The smallest absolute Gasteiger partial charge is 0.355 e. The van der Waals surface area contributed by atoms with Gasteiger partial charge in [0.1, 0.15) is 5.69 Å². The summed E-state index contributed by atoms with van der Waals surface area (Å²) in [5, 5.41) is 4.90. The molecule has 0 aliphatic heterocycles. The molecule has 162 valence electrons. The van der Waals surface area contributed by atoms with E-state index in [1.807, 2.05) is 35.7 Å². The molecule has 0 radical (unpaired) electrons. The molecule has 9 heteroatoms. The minimum Gasteiger partial charge on any atom is -0.462 e. The topological polar surface area (TPSA) is 110 Å². The number of rotatable bonds is 7. The van der Waals surface area contributed by atoms with Crippen LogP contribution in [-0.4, -0.2) is 40.5 Å². The van der Waals surface area contributed by atoms with Crippen LogP contribution in [0.25, 0.3) is 11.3 Å². The minimum absolute atomic E-state index is 0.112. The molecule has 8 nitrogen and oxygen atoms in total. The lowest BCUT2D eigenvalue weighted by molar-refractivity contribution is -0.123. The lowest BCUT2D eigenvalue weighted by Gasteiger charge is -2.12. The molecule has 2 heterocycles. The number of benzene rings is 1. The minimum atomic E-state index is -1.06. The van der Waals surface area contributed by atoms with Gasteiger partial charge in [0.25, 0.3) is 5.91 Å². The Hall–Kier alpha value is -3.46. The fraction of sp³-hybridized carbons (Fsp3) is 0.273. The highest BCUT2D eigenvalue weighted by molar-refractivity contribution is 7.14. The first-order valence-electron chi connectivity index (χ1n) is 9.70. The van der Waals surface area contributed by atoms with Gasteiger partial charge in [-0.25, -0.2) is 14.6 Å². The number of anilines is 1. The van der Waals surface area contributed by atoms with E-state index in [1.54, 1.807) is 20.8 Å². The number of thiazole rings is 1. The summed E-state index contributed by atoms with van der Waals surface area (Å²) < 4.78 is 10.3. The maximum absolute atomic E-state index is 12.6. The van der Waals surface area contributed by atoms with Gasteiger partial charge >= 0.3 is 11.9 Å². The lowest BCUT2D eigenvalue weighted by Crippen LogP contribution is -2.30. The first-order chi connectivity index (χ1) is 14.8. The number of nitrogens with one attached hydrogen (secondary N) is 2. The third-order valence-corrected chi connectivity index (χ3v) is 5.34. The molecular formula is C22H23N3O5S. The number of carbonyl (C=O) groups excluding carboxylic acids is 3. The normalized spacial score (nSPS) is 11.6. The van der Waals surface area contributed by atoms with Gasteiger partial charge in [-0.05, 0) is 33.3 Å². The summed E-state index contributed by atoms with van der Waals surface area (Å²) >= 11 is 1.28. The molecule has 0 saturated carbocycles. The molecule has 31 heavy (non-hydrogen) atoms. The number of carbonyl (C=O) groups is 3. The summed E-state index contributed by atoms with van der Waals surface area (Å²) in [4.78, 5) is 44.4. The quantitative estimate of drug-likeness (QED) is 0.534. The molecule has 1 unspecified atom stereocenters. The van der Waals surface area contributed by atoms with Crippen molar-refractivity contribution in [3.8, 4) is 11.3 Å². The Morgan fingerprint density at radius 2 is 1.87 bits per heavy atom. The average Bonchev–Trinajstić information content (AvgIpc) is 3.32. The number of ether oxygens (including phenoxy) is 2. The van der Waals surface area contributed by atoms with Crippen molar-refractivity contribution in [3.05, 3.63) is 58.2 Å². The van der Waals surface area contributed by atoms with Gasteiger partial charge in [0.2, 0.25) is 0 Å². The van der Waals surface area contributed by atoms with Crippen LogP contribution in [0.2, 0.25) is 0 Å². The molecule has 0 aliphatic carbocycles. The number of hydrogen-bond donors (Lipinski definition) is 2. The maximum atomic E-state index is 12.6. The Kier molecular flexibility index (Phi) is 6.86. The van der Waals surface area contributed by atoms with E-state index < -0.39 is 23.9 Å². The first kappa shape index (κ1) is 22.2. The van der Waals surface area contributed by atoms with Gasteiger partial charge in [-0.3, -0.25) is 10.1 Å². The molecule has 0 saturated heterocycles. The van der Waals surface area contributed by atoms with E-state index in [4.69, 9.17) is 9.47 Å². The standard InChI is InChI=1S/C22H23N3O5S/c1-5-29-20(27)17-12(2)18(23-13(17)3)21(28)30-14(4)19(26)25-22-24-16(11-31-22)15-9-7-6-8-10-15/h6-11,14,23H,5H2,1-4H3,(H,24,25,26). The second-order valence-electron chi connectivity index (χ2n) is 6.79. The number of hydrogen-bond acceptors (Lipinski definition) is 7. The lowest BCUT2D eigenvalue weighted by atomic mass is 10.1. The van der Waals surface area contributed by atoms with E-state index in [0.717, 1.165) is 11.3 Å². The molecule has 0 fully saturated rings. The van der Waals surface area contributed by atoms with Crippen molar-refractivity contribution < 1.29 is 23.9 Å². The third-order valence-electron chi connectivity index (χ3n) is 4.58. The van der Waals surface area contributed by atoms with Gasteiger partial charge in [-0.1, -0.05) is 30.3 Å². The molecular weight excluding hydrogens is 418 g/mol. The highest BCUT2D eigenvalue weighted by Gasteiger charge is 2.26. The summed E-state index contributed by atoms with van der Waals surface area (Å²) in [6.45, 7) is 6.69. The predicted molar refractivity (Wildman–Crippen MR) is 117 cm³/mol. The predicted octanol–water partition coefficient (Wildman–Crippen LogP) is 4.12. The highest BCUT2D eigenvalue weighted by Crippen LogP contribution is 2.25. The van der Waals surface area contributed by atoms with Crippen LogP contribution in [0.5, 0.6) is 0 Å². The van der Waals surface area contributed by atoms with Crippen LogP contribution in [-0.2, 0) is 14.3 Å². The van der Waals surface area contributed by atoms with Crippen LogP contribution in [0, 0.1) is 13.8 Å². The van der Waals surface area contributed by atoms with E-state index in [-0.39, 0.29) is 12.3 Å². The van der Waals surface area contributed by atoms with Crippen molar-refractivity contribution in [2.24, 2.45) is 0 Å². The summed E-state index contributed by atoms with van der Waals surface area (Å²) in [5.74, 6) is -1.76. The second kappa shape index (κ2) is 9.57. The van der Waals surface area contributed by atoms with Crippen molar-refractivity contribution in [3.63, 3.8) is 0 Å². The van der Waals surface area contributed by atoms with Crippen LogP contribution in [0.1, 0.15) is 46.0 Å². The Morgan fingerprint density at radius 1 is 1.16 bits per heavy atom. The van der Waals surface area contributed by atoms with Gasteiger partial charge in [0, 0.05) is 16.6 Å². The maximum Gasteiger partial charge on any atom is 0.355 e. The zero-order chi connectivity index (χ0) is 22.5. The van der Waals surface area contributed by atoms with Gasteiger partial charge in [0.05, 0.1) is 17.9 Å². The van der Waals surface area contributed by atoms with Crippen LogP contribution in [0.4, 0.5) is 5.13 Å². The van der Waals surface area contributed by atoms with Crippen molar-refractivity contribution in [1.29, 1.82) is 0 Å². The number of H-pyrrole nitrogens is 1. The largest absolute Gasteiger partial charge is 0.462 e. The Labute approximate surface area is 183 Å². The van der Waals surface area contributed by atoms with E-state index in [2.05, 4.69) is 15.3 Å². The molecule has 1 atom stereocenters. The second-order valence-corrected chi connectivity index (χ2v) is 7.64. The number of nitrogens with zero attached hydrogens (tertiary/aromatic N) is 1. The number of aromatic nitrogens is 2. The third kappa shape index (κ3) is 5.00. The van der Waals surface area contributed by atoms with Crippen molar-refractivity contribution in [1.82, 2.24) is 9.97 Å². The molecule has 0 spiro atoms. The summed E-state index contributed by atoms with van der Waals surface area (Å²) in [6.07, 6.45) is -1.06. The SMILES string of the molecule is CCOC(=O)c1c(C)[nH]c(C(=O)OC(C)C(=O)Nc2nc(-c3ccccc3)cs2)c1C. The Balaban J connectivity index is 1.65. The van der Waals surface area contributed by atoms with Crippen LogP contribution in [0.3, 0.4) is 0 Å². The summed E-state index contributed by atoms with van der Waals surface area (Å²) in [5.41, 5.74) is 3.00. The number of aryl methyl sites for hydroxylation is 1. The Bertz CT molecular complexity index is 1100. The highest BCUT2D eigenvalue weighted by atomic mass is 32.1. The van der Waals surface area contributed by atoms with E-state index in [1.165, 1.54) is 18.3 Å². The van der Waals surface area contributed by atoms with Gasteiger partial charge in [-0.15, -0.1) is 11.3 Å². The van der Waals surface area contributed by atoms with Crippen LogP contribution in [0.15, 0.2) is 35.7 Å². The van der Waals surface area contributed by atoms with E-state index in [0.29, 0.717) is 22.0 Å². The Morgan fingerprint density at radius 3 is 2.55 bits per heavy atom. The molecule has 2 N–H and O–H groups in total. The van der Waals surface area contributed by atoms with Gasteiger partial charge in [0.15, 0.2) is 11.2 Å². The van der Waals surface area contributed by atoms with Crippen molar-refractivity contribution in [2.45, 2.75) is 33.8 Å². The molecule has 3 rings (SSSR count). The summed E-state index contributed by atoms with van der Waals surface area (Å²) in [7, 11) is 0. The molecule has 0 bridgehead atoms. The number of esters is 2. The molecule has 3 aromatic rings. The van der Waals surface area contributed by atoms with Crippen LogP contribution < -0.4 is 5.32 Å². The monoisotopic (exact) mass is 441 g/mol. The summed E-state index contributed by atoms with van der Waals surface area (Å²) in [6, 6.07) is 9.59. The van der Waals surface area contributed by atoms with Crippen LogP contribution >= 0.6 is 11.3 Å². The fourth-order valence-corrected chi connectivity index (χ4v) is 3.74. The molecule has 2 aromatic heterocycles. The zero-order valence-corrected chi connectivity index (χ0v) is 18.5. The van der Waals surface area contributed by atoms with Gasteiger partial charge in [-0.2, -0.15) is 0 Å². The van der Waals surface area contributed by atoms with E-state index in [9.17, 15) is 14.4 Å². The number of aromatic amines is 1. The van der Waals surface area contributed by atoms with Crippen molar-refractivity contribution in [2.75, 3.05) is 11.9 Å².